The third-order valence-electron chi connectivity index (χ3n) is 2.06. The fraction of sp³-hybridized carbons (Fsp3) is 0.167. The van der Waals surface area contributed by atoms with Crippen LogP contribution in [0.3, 0.4) is 0 Å². The molecule has 0 saturated heterocycles. The van der Waals surface area contributed by atoms with Crippen molar-refractivity contribution >= 4 is 27.5 Å². The summed E-state index contributed by atoms with van der Waals surface area (Å²) in [6, 6.07) is 7.57. The van der Waals surface area contributed by atoms with E-state index in [-0.39, 0.29) is 0 Å². The van der Waals surface area contributed by atoms with Crippen molar-refractivity contribution in [1.82, 2.24) is 9.97 Å². The van der Waals surface area contributed by atoms with E-state index in [4.69, 9.17) is 16.3 Å². The highest BCUT2D eigenvalue weighted by Gasteiger charge is 2.07. The van der Waals surface area contributed by atoms with Crippen LogP contribution in [0.25, 0.3) is 0 Å². The average molecular weight is 314 g/mol. The number of benzene rings is 1. The van der Waals surface area contributed by atoms with Gasteiger partial charge in [-0.3, -0.25) is 0 Å². The third kappa shape index (κ3) is 3.17. The first-order chi connectivity index (χ1) is 8.04. The number of hydrogen-bond donors (Lipinski definition) is 0. The minimum atomic E-state index is 0.308. The van der Waals surface area contributed by atoms with Crippen LogP contribution >= 0.6 is 27.5 Å². The first-order valence-electron chi connectivity index (χ1n) is 5.00. The van der Waals surface area contributed by atoms with E-state index in [2.05, 4.69) is 25.9 Å². The Kier molecular flexibility index (Phi) is 3.64. The first-order valence-corrected chi connectivity index (χ1v) is 6.17. The van der Waals surface area contributed by atoms with Gasteiger partial charge in [0.25, 0.3) is 0 Å². The molecule has 0 amide bonds. The van der Waals surface area contributed by atoms with Gasteiger partial charge in [-0.05, 0) is 38.1 Å². The van der Waals surface area contributed by atoms with E-state index in [0.29, 0.717) is 16.8 Å². The highest BCUT2D eigenvalue weighted by Crippen LogP contribution is 2.30. The van der Waals surface area contributed by atoms with Crippen LogP contribution in [0.5, 0.6) is 11.8 Å². The maximum Gasteiger partial charge on any atom is 0.322 e. The number of halogens is 2. The Morgan fingerprint density at radius 1 is 1.12 bits per heavy atom. The molecule has 1 aromatic heterocycles. The molecule has 0 bridgehead atoms. The van der Waals surface area contributed by atoms with Gasteiger partial charge in [0.05, 0.1) is 5.02 Å². The van der Waals surface area contributed by atoms with Crippen LogP contribution in [0.2, 0.25) is 5.02 Å². The van der Waals surface area contributed by atoms with Gasteiger partial charge in [0.1, 0.15) is 0 Å². The smallest absolute Gasteiger partial charge is 0.322 e. The van der Waals surface area contributed by atoms with Gasteiger partial charge < -0.3 is 4.74 Å². The monoisotopic (exact) mass is 312 g/mol. The Bertz CT molecular complexity index is 540. The van der Waals surface area contributed by atoms with Gasteiger partial charge in [0.2, 0.25) is 0 Å². The van der Waals surface area contributed by atoms with Crippen LogP contribution in [0.15, 0.2) is 28.7 Å². The Morgan fingerprint density at radius 3 is 2.41 bits per heavy atom. The van der Waals surface area contributed by atoms with Crippen LogP contribution in [-0.2, 0) is 0 Å². The maximum atomic E-state index is 6.02. The summed E-state index contributed by atoms with van der Waals surface area (Å²) in [5.74, 6) is 0.533. The zero-order chi connectivity index (χ0) is 12.4. The average Bonchev–Trinajstić information content (AvgIpc) is 2.22. The second kappa shape index (κ2) is 5.02. The third-order valence-corrected chi connectivity index (χ3v) is 2.86. The molecule has 17 heavy (non-hydrogen) atoms. The molecule has 0 spiro atoms. The van der Waals surface area contributed by atoms with Crippen molar-refractivity contribution in [2.75, 3.05) is 0 Å². The van der Waals surface area contributed by atoms with Crippen LogP contribution in [0.4, 0.5) is 0 Å². The molecule has 2 aromatic rings. The van der Waals surface area contributed by atoms with E-state index in [1.54, 1.807) is 12.1 Å². The molecule has 1 aromatic carbocycles. The summed E-state index contributed by atoms with van der Waals surface area (Å²) in [6.45, 7) is 3.79. The molecule has 0 aliphatic rings. The fourth-order valence-electron chi connectivity index (χ4n) is 1.39. The van der Waals surface area contributed by atoms with E-state index in [1.165, 1.54) is 0 Å². The molecule has 3 nitrogen and oxygen atoms in total. The molecule has 0 aliphatic carbocycles. The Morgan fingerprint density at radius 2 is 1.76 bits per heavy atom. The lowest BCUT2D eigenvalue weighted by atomic mass is 10.3. The van der Waals surface area contributed by atoms with Gasteiger partial charge in [0, 0.05) is 15.9 Å². The fourth-order valence-corrected chi connectivity index (χ4v) is 1.89. The highest BCUT2D eigenvalue weighted by atomic mass is 79.9. The topological polar surface area (TPSA) is 35.0 Å². The van der Waals surface area contributed by atoms with Crippen molar-refractivity contribution in [3.63, 3.8) is 0 Å². The van der Waals surface area contributed by atoms with Gasteiger partial charge in [0.15, 0.2) is 5.75 Å². The van der Waals surface area contributed by atoms with Gasteiger partial charge in [-0.1, -0.05) is 27.5 Å². The summed E-state index contributed by atoms with van der Waals surface area (Å²) >= 11 is 9.38. The minimum absolute atomic E-state index is 0.308. The zero-order valence-electron chi connectivity index (χ0n) is 9.37. The molecule has 0 saturated carbocycles. The Hall–Kier alpha value is -1.13. The lowest BCUT2D eigenvalue weighted by molar-refractivity contribution is 0.439. The molecule has 5 heteroatoms. The van der Waals surface area contributed by atoms with Crippen LogP contribution in [0, 0.1) is 13.8 Å². The van der Waals surface area contributed by atoms with E-state index >= 15 is 0 Å². The summed E-state index contributed by atoms with van der Waals surface area (Å²) in [5.41, 5.74) is 1.72. The molecule has 0 radical (unpaired) electrons. The van der Waals surface area contributed by atoms with E-state index in [1.807, 2.05) is 26.0 Å². The second-order valence-corrected chi connectivity index (χ2v) is 4.93. The maximum absolute atomic E-state index is 6.02. The van der Waals surface area contributed by atoms with Crippen molar-refractivity contribution in [1.29, 1.82) is 0 Å². The van der Waals surface area contributed by atoms with E-state index in [0.717, 1.165) is 15.9 Å². The molecule has 0 fully saturated rings. The van der Waals surface area contributed by atoms with Gasteiger partial charge in [-0.25, -0.2) is 9.97 Å². The zero-order valence-corrected chi connectivity index (χ0v) is 11.7. The number of aromatic nitrogens is 2. The lowest BCUT2D eigenvalue weighted by Crippen LogP contribution is -1.96. The SMILES string of the molecule is Cc1cc(C)nc(Oc2cc(Br)ccc2Cl)n1. The van der Waals surface area contributed by atoms with Crippen LogP contribution < -0.4 is 4.74 Å². The van der Waals surface area contributed by atoms with Gasteiger partial charge in [-0.15, -0.1) is 0 Å². The van der Waals surface area contributed by atoms with Crippen molar-refractivity contribution in [2.24, 2.45) is 0 Å². The van der Waals surface area contributed by atoms with Crippen molar-refractivity contribution in [3.8, 4) is 11.8 Å². The summed E-state index contributed by atoms with van der Waals surface area (Å²) in [7, 11) is 0. The molecular weight excluding hydrogens is 304 g/mol. The van der Waals surface area contributed by atoms with E-state index in [9.17, 15) is 0 Å². The molecule has 88 valence electrons. The quantitative estimate of drug-likeness (QED) is 0.829. The summed E-state index contributed by atoms with van der Waals surface area (Å²) < 4.78 is 6.46. The molecule has 0 aliphatic heterocycles. The standard InChI is InChI=1S/C12H10BrClN2O/c1-7-5-8(2)16-12(15-7)17-11-6-9(13)3-4-10(11)14/h3-6H,1-2H3. The highest BCUT2D eigenvalue weighted by molar-refractivity contribution is 9.10. The predicted octanol–water partition coefficient (Wildman–Crippen LogP) is 4.30. The number of nitrogens with zero attached hydrogens (tertiary/aromatic N) is 2. The largest absolute Gasteiger partial charge is 0.423 e. The molecular formula is C12H10BrClN2O. The predicted molar refractivity (Wildman–Crippen MR) is 70.7 cm³/mol. The van der Waals surface area contributed by atoms with Crippen molar-refractivity contribution < 1.29 is 4.74 Å². The molecule has 0 N–H and O–H groups in total. The number of ether oxygens (including phenoxy) is 1. The second-order valence-electron chi connectivity index (χ2n) is 3.61. The number of rotatable bonds is 2. The molecule has 1 heterocycles. The normalized spacial score (nSPS) is 10.4. The van der Waals surface area contributed by atoms with E-state index < -0.39 is 0 Å². The molecule has 2 rings (SSSR count). The van der Waals surface area contributed by atoms with Gasteiger partial charge in [-0.2, -0.15) is 0 Å². The number of hydrogen-bond acceptors (Lipinski definition) is 3. The van der Waals surface area contributed by atoms with Crippen molar-refractivity contribution in [2.45, 2.75) is 13.8 Å². The summed E-state index contributed by atoms with van der Waals surface area (Å²) in [5, 5.41) is 0.524. The Balaban J connectivity index is 2.34. The summed E-state index contributed by atoms with van der Waals surface area (Å²) in [4.78, 5) is 8.39. The van der Waals surface area contributed by atoms with Crippen LogP contribution in [0.1, 0.15) is 11.4 Å². The molecule has 0 unspecified atom stereocenters. The summed E-state index contributed by atoms with van der Waals surface area (Å²) in [6.07, 6.45) is 0. The number of aryl methyl sites for hydroxylation is 2. The first kappa shape index (κ1) is 12.3. The Labute approximate surface area is 113 Å². The van der Waals surface area contributed by atoms with Gasteiger partial charge >= 0.3 is 6.01 Å². The minimum Gasteiger partial charge on any atom is -0.423 e. The van der Waals surface area contributed by atoms with Crippen molar-refractivity contribution in [3.05, 3.63) is 45.1 Å². The van der Waals surface area contributed by atoms with Crippen LogP contribution in [-0.4, -0.2) is 9.97 Å². The molecule has 0 atom stereocenters. The lowest BCUT2D eigenvalue weighted by Gasteiger charge is -2.07.